The Kier molecular flexibility index (Phi) is 66.2. The second-order valence-corrected chi connectivity index (χ2v) is 23.4. The third-order valence-electron chi connectivity index (χ3n) is 15.4. The Morgan fingerprint density at radius 3 is 0.778 bits per heavy atom. The third-order valence-corrected chi connectivity index (χ3v) is 15.4. The fraction of sp³-hybridized carbons (Fsp3) is 0.773. The molecule has 0 aromatic carbocycles. The fourth-order valence-electron chi connectivity index (χ4n) is 10.2. The van der Waals surface area contributed by atoms with E-state index >= 15 is 0 Å². The van der Waals surface area contributed by atoms with E-state index in [1.807, 2.05) is 0 Å². The van der Waals surface area contributed by atoms with E-state index in [1.165, 1.54) is 205 Å². The van der Waals surface area contributed by atoms with E-state index in [4.69, 9.17) is 14.2 Å². The van der Waals surface area contributed by atoms with Crippen LogP contribution in [0.25, 0.3) is 0 Å². The molecule has 81 heavy (non-hydrogen) atoms. The van der Waals surface area contributed by atoms with E-state index in [0.717, 1.165) is 109 Å². The van der Waals surface area contributed by atoms with Gasteiger partial charge in [0.25, 0.3) is 0 Å². The second kappa shape index (κ2) is 69.1. The van der Waals surface area contributed by atoms with Crippen LogP contribution in [-0.4, -0.2) is 37.2 Å². The fourth-order valence-corrected chi connectivity index (χ4v) is 10.2. The van der Waals surface area contributed by atoms with Crippen LogP contribution in [0.3, 0.4) is 0 Å². The van der Waals surface area contributed by atoms with Crippen molar-refractivity contribution in [1.29, 1.82) is 0 Å². The number of carbonyl (C=O) groups excluding carboxylic acids is 3. The van der Waals surface area contributed by atoms with Crippen molar-refractivity contribution in [1.82, 2.24) is 0 Å². The molecule has 0 saturated heterocycles. The zero-order valence-electron chi connectivity index (χ0n) is 53.8. The molecule has 0 spiro atoms. The minimum atomic E-state index is -0.784. The van der Waals surface area contributed by atoms with Gasteiger partial charge in [-0.05, 0) is 96.3 Å². The molecule has 0 radical (unpaired) electrons. The van der Waals surface area contributed by atoms with Gasteiger partial charge in [-0.1, -0.05) is 324 Å². The maximum Gasteiger partial charge on any atom is 0.306 e. The van der Waals surface area contributed by atoms with Gasteiger partial charge in [0, 0.05) is 19.3 Å². The smallest absolute Gasteiger partial charge is 0.306 e. The minimum Gasteiger partial charge on any atom is -0.462 e. The van der Waals surface area contributed by atoms with Crippen molar-refractivity contribution >= 4 is 17.9 Å². The van der Waals surface area contributed by atoms with Crippen molar-refractivity contribution in [3.63, 3.8) is 0 Å². The van der Waals surface area contributed by atoms with E-state index in [2.05, 4.69) is 106 Å². The summed E-state index contributed by atoms with van der Waals surface area (Å²) < 4.78 is 17.0. The van der Waals surface area contributed by atoms with Crippen molar-refractivity contribution in [3.05, 3.63) is 85.1 Å². The Morgan fingerprint density at radius 2 is 0.481 bits per heavy atom. The average Bonchev–Trinajstić information content (AvgIpc) is 3.47. The average molecular weight is 1130 g/mol. The van der Waals surface area contributed by atoms with Gasteiger partial charge in [0.1, 0.15) is 13.2 Å². The van der Waals surface area contributed by atoms with Crippen molar-refractivity contribution in [2.75, 3.05) is 13.2 Å². The zero-order chi connectivity index (χ0) is 58.5. The van der Waals surface area contributed by atoms with Crippen LogP contribution < -0.4 is 0 Å². The lowest BCUT2D eigenvalue weighted by Crippen LogP contribution is -2.30. The van der Waals surface area contributed by atoms with Crippen LogP contribution in [-0.2, 0) is 28.6 Å². The summed E-state index contributed by atoms with van der Waals surface area (Å²) in [5.41, 5.74) is 0. The van der Waals surface area contributed by atoms with Crippen molar-refractivity contribution < 1.29 is 28.6 Å². The largest absolute Gasteiger partial charge is 0.462 e. The molecule has 0 aliphatic carbocycles. The van der Waals surface area contributed by atoms with E-state index < -0.39 is 6.10 Å². The molecule has 0 bridgehead atoms. The summed E-state index contributed by atoms with van der Waals surface area (Å²) >= 11 is 0. The quantitative estimate of drug-likeness (QED) is 0.0261. The number of unbranched alkanes of at least 4 members (excludes halogenated alkanes) is 39. The zero-order valence-corrected chi connectivity index (χ0v) is 53.8. The first kappa shape index (κ1) is 77.6. The number of esters is 3. The summed E-state index contributed by atoms with van der Waals surface area (Å²) in [6.07, 6.45) is 91.7. The molecule has 0 aliphatic rings. The highest BCUT2D eigenvalue weighted by Crippen LogP contribution is 2.18. The lowest BCUT2D eigenvalue weighted by molar-refractivity contribution is -0.167. The predicted molar refractivity (Wildman–Crippen MR) is 353 cm³/mol. The summed E-state index contributed by atoms with van der Waals surface area (Å²) in [5, 5.41) is 0. The van der Waals surface area contributed by atoms with Gasteiger partial charge in [0.05, 0.1) is 0 Å². The molecule has 1 unspecified atom stereocenters. The van der Waals surface area contributed by atoms with Crippen molar-refractivity contribution in [3.8, 4) is 0 Å². The normalized spacial score (nSPS) is 12.6. The molecule has 0 fully saturated rings. The number of hydrogen-bond donors (Lipinski definition) is 0. The maximum atomic E-state index is 13.0. The number of ether oxygens (including phenoxy) is 3. The highest BCUT2D eigenvalue weighted by molar-refractivity contribution is 5.71. The van der Waals surface area contributed by atoms with Gasteiger partial charge in [0.15, 0.2) is 6.10 Å². The summed E-state index contributed by atoms with van der Waals surface area (Å²) in [6, 6.07) is 0. The molecule has 0 aromatic heterocycles. The molecule has 0 saturated carbocycles. The van der Waals surface area contributed by atoms with Gasteiger partial charge in [-0.25, -0.2) is 0 Å². The van der Waals surface area contributed by atoms with Gasteiger partial charge >= 0.3 is 17.9 Å². The topological polar surface area (TPSA) is 78.9 Å². The molecule has 1 atom stereocenters. The van der Waals surface area contributed by atoms with Gasteiger partial charge in [-0.15, -0.1) is 0 Å². The molecule has 6 heteroatoms. The molecule has 6 nitrogen and oxygen atoms in total. The number of hydrogen-bond acceptors (Lipinski definition) is 6. The Balaban J connectivity index is 4.32. The van der Waals surface area contributed by atoms with E-state index in [1.54, 1.807) is 0 Å². The van der Waals surface area contributed by atoms with Crippen molar-refractivity contribution in [2.45, 2.75) is 361 Å². The monoisotopic (exact) mass is 1130 g/mol. The molecule has 0 heterocycles. The van der Waals surface area contributed by atoms with E-state index in [0.29, 0.717) is 19.3 Å². The molecule has 468 valence electrons. The van der Waals surface area contributed by atoms with Crippen LogP contribution in [0.15, 0.2) is 85.1 Å². The number of rotatable bonds is 64. The Hall–Kier alpha value is -3.41. The van der Waals surface area contributed by atoms with Crippen LogP contribution in [0.4, 0.5) is 0 Å². The lowest BCUT2D eigenvalue weighted by atomic mass is 10.0. The minimum absolute atomic E-state index is 0.0775. The van der Waals surface area contributed by atoms with Crippen LogP contribution >= 0.6 is 0 Å². The molecule has 0 rings (SSSR count). The Morgan fingerprint density at radius 1 is 0.259 bits per heavy atom. The molecule has 0 N–H and O–H groups in total. The number of carbonyl (C=O) groups is 3. The van der Waals surface area contributed by atoms with Crippen LogP contribution in [0, 0.1) is 0 Å². The van der Waals surface area contributed by atoms with Gasteiger partial charge < -0.3 is 14.2 Å². The highest BCUT2D eigenvalue weighted by atomic mass is 16.6. The highest BCUT2D eigenvalue weighted by Gasteiger charge is 2.19. The predicted octanol–water partition coefficient (Wildman–Crippen LogP) is 24.2. The summed E-state index contributed by atoms with van der Waals surface area (Å²) in [7, 11) is 0. The molecular weight excluding hydrogens is 997 g/mol. The summed E-state index contributed by atoms with van der Waals surface area (Å²) in [6.45, 7) is 6.54. The van der Waals surface area contributed by atoms with E-state index in [-0.39, 0.29) is 31.1 Å². The first-order chi connectivity index (χ1) is 40.0. The SMILES string of the molecule is CC/C=C\C/C=C\C/C=C\C/C=C\CCCCCCCCCCCCCCCCC(=O)OCC(COC(=O)CCCCCCCCCCCCCCCCCCC)OC(=O)CCCCCCCC/C=C\C/C=C\C/C=C\CCCCC. The van der Waals surface area contributed by atoms with Crippen molar-refractivity contribution in [2.24, 2.45) is 0 Å². The second-order valence-electron chi connectivity index (χ2n) is 23.4. The van der Waals surface area contributed by atoms with Crippen LogP contribution in [0.2, 0.25) is 0 Å². The first-order valence-corrected chi connectivity index (χ1v) is 35.1. The van der Waals surface area contributed by atoms with Gasteiger partial charge in [-0.3, -0.25) is 14.4 Å². The van der Waals surface area contributed by atoms with Gasteiger partial charge in [-0.2, -0.15) is 0 Å². The Bertz CT molecular complexity index is 1530. The first-order valence-electron chi connectivity index (χ1n) is 35.1. The molecule has 0 aliphatic heterocycles. The maximum absolute atomic E-state index is 13.0. The third kappa shape index (κ3) is 67.3. The van der Waals surface area contributed by atoms with Crippen LogP contribution in [0.5, 0.6) is 0 Å². The Labute approximate surface area is 503 Å². The molecule has 0 aromatic rings. The number of allylic oxidation sites excluding steroid dienone is 14. The summed E-state index contributed by atoms with van der Waals surface area (Å²) in [4.78, 5) is 38.5. The lowest BCUT2D eigenvalue weighted by Gasteiger charge is -2.18. The van der Waals surface area contributed by atoms with Crippen LogP contribution in [0.1, 0.15) is 355 Å². The summed E-state index contributed by atoms with van der Waals surface area (Å²) in [5.74, 6) is -0.870. The van der Waals surface area contributed by atoms with E-state index in [9.17, 15) is 14.4 Å². The molecular formula is C75H132O6. The standard InChI is InChI=1S/C75H132O6/c1-4-7-10-13-16-19-22-25-28-31-33-34-35-36-37-38-39-40-42-44-47-50-53-56-59-62-65-68-74(77)80-71-72(70-79-73(76)67-64-61-58-55-52-49-46-43-30-27-24-21-18-15-12-9-6-3)81-75(78)69-66-63-60-57-54-51-48-45-41-32-29-26-23-20-17-14-11-8-5-2/h7,10,16-17,19-20,25-26,28-29,33-34,41,45,72H,4-6,8-9,11-15,18,21-24,27,30-32,35-40,42-44,46-71H2,1-3H3/b10-7-,19-16-,20-17-,28-25-,29-26-,34-33-,45-41-. The van der Waals surface area contributed by atoms with Gasteiger partial charge in [0.2, 0.25) is 0 Å². The molecule has 0 amide bonds.